The van der Waals surface area contributed by atoms with Gasteiger partial charge in [-0.3, -0.25) is 14.4 Å². The lowest BCUT2D eigenvalue weighted by molar-refractivity contribution is -0.118. The van der Waals surface area contributed by atoms with Crippen molar-refractivity contribution in [3.05, 3.63) is 64.7 Å². The predicted molar refractivity (Wildman–Crippen MR) is 114 cm³/mol. The van der Waals surface area contributed by atoms with Gasteiger partial charge in [0.2, 0.25) is 5.91 Å². The highest BCUT2D eigenvalue weighted by atomic mass is 35.5. The maximum Gasteiger partial charge on any atom is 0.253 e. The Hall–Kier alpha value is -2.51. The fraction of sp³-hybridized carbons (Fsp3) is 0.250. The standard InChI is InChI=1S/C20H22ClN3O3S/c1-22-18(25)13-7-9-14(10-8-13)23-20(27)17(11-12-28-2)24-19(26)15-5-3-4-6-16(15)21/h3-10,17H,11-12H2,1-2H3,(H,22,25)(H,23,27)(H,24,26)/t17-/m0/s1. The summed E-state index contributed by atoms with van der Waals surface area (Å²) >= 11 is 7.66. The Morgan fingerprint density at radius 1 is 1.04 bits per heavy atom. The normalized spacial score (nSPS) is 11.4. The number of carbonyl (C=O) groups excluding carboxylic acids is 3. The van der Waals surface area contributed by atoms with Crippen LogP contribution in [0, 0.1) is 0 Å². The van der Waals surface area contributed by atoms with Crippen molar-refractivity contribution in [1.29, 1.82) is 0 Å². The van der Waals surface area contributed by atoms with Gasteiger partial charge in [-0.2, -0.15) is 11.8 Å². The fourth-order valence-corrected chi connectivity index (χ4v) is 3.16. The molecule has 148 valence electrons. The molecule has 0 bridgehead atoms. The molecular weight excluding hydrogens is 398 g/mol. The zero-order valence-electron chi connectivity index (χ0n) is 15.6. The number of amides is 3. The molecule has 0 saturated carbocycles. The number of anilines is 1. The molecule has 0 aliphatic rings. The number of thioether (sulfide) groups is 1. The molecule has 0 heterocycles. The third kappa shape index (κ3) is 6.00. The molecule has 1 atom stereocenters. The van der Waals surface area contributed by atoms with Gasteiger partial charge in [-0.1, -0.05) is 23.7 Å². The first-order valence-electron chi connectivity index (χ1n) is 8.63. The summed E-state index contributed by atoms with van der Waals surface area (Å²) in [5.41, 5.74) is 1.35. The van der Waals surface area contributed by atoms with E-state index in [-0.39, 0.29) is 11.8 Å². The molecule has 3 amide bonds. The van der Waals surface area contributed by atoms with Crippen LogP contribution in [0.25, 0.3) is 0 Å². The molecule has 0 aliphatic carbocycles. The molecule has 0 radical (unpaired) electrons. The summed E-state index contributed by atoms with van der Waals surface area (Å²) in [6.07, 6.45) is 2.40. The average molecular weight is 420 g/mol. The van der Waals surface area contributed by atoms with Gasteiger partial charge in [0.15, 0.2) is 0 Å². The van der Waals surface area contributed by atoms with Gasteiger partial charge in [0.1, 0.15) is 6.04 Å². The van der Waals surface area contributed by atoms with Gasteiger partial charge in [-0.05, 0) is 54.8 Å². The third-order valence-electron chi connectivity index (χ3n) is 3.99. The molecular formula is C20H22ClN3O3S. The molecule has 0 saturated heterocycles. The lowest BCUT2D eigenvalue weighted by Crippen LogP contribution is -2.44. The smallest absolute Gasteiger partial charge is 0.253 e. The topological polar surface area (TPSA) is 87.3 Å². The summed E-state index contributed by atoms with van der Waals surface area (Å²) in [5.74, 6) is -0.233. The van der Waals surface area contributed by atoms with Crippen LogP contribution in [0.3, 0.4) is 0 Å². The minimum absolute atomic E-state index is 0.206. The summed E-state index contributed by atoms with van der Waals surface area (Å²) in [6.45, 7) is 0. The first-order chi connectivity index (χ1) is 13.5. The van der Waals surface area contributed by atoms with E-state index in [2.05, 4.69) is 16.0 Å². The molecule has 2 rings (SSSR count). The van der Waals surface area contributed by atoms with Crippen LogP contribution in [0.15, 0.2) is 48.5 Å². The zero-order valence-corrected chi connectivity index (χ0v) is 17.2. The molecule has 0 spiro atoms. The second-order valence-electron chi connectivity index (χ2n) is 5.93. The molecule has 0 aromatic heterocycles. The van der Waals surface area contributed by atoms with Crippen LogP contribution in [-0.2, 0) is 4.79 Å². The third-order valence-corrected chi connectivity index (χ3v) is 4.97. The van der Waals surface area contributed by atoms with Crippen molar-refractivity contribution in [3.8, 4) is 0 Å². The van der Waals surface area contributed by atoms with Crippen LogP contribution >= 0.6 is 23.4 Å². The zero-order chi connectivity index (χ0) is 20.5. The van der Waals surface area contributed by atoms with Gasteiger partial charge in [-0.15, -0.1) is 0 Å². The molecule has 0 fully saturated rings. The van der Waals surface area contributed by atoms with Crippen molar-refractivity contribution in [2.24, 2.45) is 0 Å². The van der Waals surface area contributed by atoms with Gasteiger partial charge in [-0.25, -0.2) is 0 Å². The molecule has 8 heteroatoms. The highest BCUT2D eigenvalue weighted by Gasteiger charge is 2.22. The molecule has 0 unspecified atom stereocenters. The van der Waals surface area contributed by atoms with E-state index in [1.807, 2.05) is 6.26 Å². The Kier molecular flexibility index (Phi) is 8.35. The van der Waals surface area contributed by atoms with Crippen molar-refractivity contribution < 1.29 is 14.4 Å². The second kappa shape index (κ2) is 10.7. The van der Waals surface area contributed by atoms with Crippen LogP contribution in [0.4, 0.5) is 5.69 Å². The lowest BCUT2D eigenvalue weighted by Gasteiger charge is -2.18. The number of hydrogen-bond donors (Lipinski definition) is 3. The SMILES string of the molecule is CNC(=O)c1ccc(NC(=O)[C@H](CCSC)NC(=O)c2ccccc2Cl)cc1. The average Bonchev–Trinajstić information content (AvgIpc) is 2.71. The maximum absolute atomic E-state index is 12.7. The summed E-state index contributed by atoms with van der Waals surface area (Å²) < 4.78 is 0. The number of hydrogen-bond acceptors (Lipinski definition) is 4. The molecule has 2 aromatic rings. The van der Waals surface area contributed by atoms with Crippen molar-refractivity contribution in [2.45, 2.75) is 12.5 Å². The van der Waals surface area contributed by atoms with Gasteiger partial charge >= 0.3 is 0 Å². The van der Waals surface area contributed by atoms with Crippen molar-refractivity contribution in [2.75, 3.05) is 24.4 Å². The number of halogens is 1. The number of nitrogens with one attached hydrogen (secondary N) is 3. The summed E-state index contributed by atoms with van der Waals surface area (Å²) in [5, 5.41) is 8.40. The Balaban J connectivity index is 2.09. The van der Waals surface area contributed by atoms with E-state index >= 15 is 0 Å². The van der Waals surface area contributed by atoms with Crippen LogP contribution in [-0.4, -0.2) is 42.8 Å². The van der Waals surface area contributed by atoms with Crippen molar-refractivity contribution in [1.82, 2.24) is 10.6 Å². The maximum atomic E-state index is 12.7. The Labute approximate surface area is 173 Å². The minimum Gasteiger partial charge on any atom is -0.355 e. The fourth-order valence-electron chi connectivity index (χ4n) is 2.46. The van der Waals surface area contributed by atoms with E-state index in [1.54, 1.807) is 67.3 Å². The largest absolute Gasteiger partial charge is 0.355 e. The molecule has 6 nitrogen and oxygen atoms in total. The van der Waals surface area contributed by atoms with Crippen LogP contribution in [0.2, 0.25) is 5.02 Å². The Bertz CT molecular complexity index is 843. The van der Waals surface area contributed by atoms with E-state index in [0.29, 0.717) is 34.0 Å². The highest BCUT2D eigenvalue weighted by Crippen LogP contribution is 2.16. The van der Waals surface area contributed by atoms with Crippen molar-refractivity contribution in [3.63, 3.8) is 0 Å². The van der Waals surface area contributed by atoms with Crippen LogP contribution in [0.5, 0.6) is 0 Å². The summed E-state index contributed by atoms with van der Waals surface area (Å²) in [7, 11) is 1.55. The molecule has 28 heavy (non-hydrogen) atoms. The first kappa shape index (κ1) is 21.8. The van der Waals surface area contributed by atoms with Gasteiger partial charge in [0.25, 0.3) is 11.8 Å². The second-order valence-corrected chi connectivity index (χ2v) is 7.33. The predicted octanol–water partition coefficient (Wildman–Crippen LogP) is 3.19. The van der Waals surface area contributed by atoms with Gasteiger partial charge in [0.05, 0.1) is 10.6 Å². The molecule has 3 N–H and O–H groups in total. The minimum atomic E-state index is -0.713. The molecule has 2 aromatic carbocycles. The summed E-state index contributed by atoms with van der Waals surface area (Å²) in [6, 6.07) is 12.5. The van der Waals surface area contributed by atoms with Crippen molar-refractivity contribution >= 4 is 46.8 Å². The lowest BCUT2D eigenvalue weighted by atomic mass is 10.1. The Morgan fingerprint density at radius 3 is 2.32 bits per heavy atom. The monoisotopic (exact) mass is 419 g/mol. The van der Waals surface area contributed by atoms with Gasteiger partial charge < -0.3 is 16.0 Å². The van der Waals surface area contributed by atoms with E-state index in [9.17, 15) is 14.4 Å². The number of carbonyl (C=O) groups is 3. The number of rotatable bonds is 8. The van der Waals surface area contributed by atoms with E-state index < -0.39 is 11.9 Å². The summed E-state index contributed by atoms with van der Waals surface area (Å²) in [4.78, 5) is 36.8. The first-order valence-corrected chi connectivity index (χ1v) is 10.4. The molecule has 0 aliphatic heterocycles. The Morgan fingerprint density at radius 2 is 1.71 bits per heavy atom. The quantitative estimate of drug-likeness (QED) is 0.613. The van der Waals surface area contributed by atoms with Gasteiger partial charge in [0, 0.05) is 18.3 Å². The van der Waals surface area contributed by atoms with Crippen LogP contribution < -0.4 is 16.0 Å². The van der Waals surface area contributed by atoms with E-state index in [1.165, 1.54) is 0 Å². The van der Waals surface area contributed by atoms with E-state index in [4.69, 9.17) is 11.6 Å². The highest BCUT2D eigenvalue weighted by molar-refractivity contribution is 7.98. The number of benzene rings is 2. The van der Waals surface area contributed by atoms with Crippen LogP contribution in [0.1, 0.15) is 27.1 Å². The van der Waals surface area contributed by atoms with E-state index in [0.717, 1.165) is 0 Å².